The van der Waals surface area contributed by atoms with Crippen molar-refractivity contribution in [3.05, 3.63) is 24.3 Å². The number of unbranched alkanes of at least 4 members (excludes halogenated alkanes) is 1. The second-order valence-corrected chi connectivity index (χ2v) is 14.1. The van der Waals surface area contributed by atoms with Crippen LogP contribution in [0.3, 0.4) is 0 Å². The minimum Gasteiger partial charge on any atom is -0.381 e. The van der Waals surface area contributed by atoms with E-state index < -0.39 is 17.4 Å². The topological polar surface area (TPSA) is 78.6 Å². The third-order valence-corrected chi connectivity index (χ3v) is 11.9. The number of carbonyl (C=O) groups excluding carboxylic acids is 1. The molecule has 1 aliphatic heterocycles. The number of rotatable bonds is 12. The molecule has 0 spiro atoms. The Morgan fingerprint density at radius 2 is 1.79 bits per heavy atom. The first-order valence-corrected chi connectivity index (χ1v) is 14.4. The van der Waals surface area contributed by atoms with Crippen LogP contribution >= 0.6 is 29.5 Å². The Kier molecular flexibility index (Phi) is 9.91. The van der Waals surface area contributed by atoms with E-state index in [1.807, 2.05) is 24.3 Å². The summed E-state index contributed by atoms with van der Waals surface area (Å²) in [6.45, 7) is 6.37. The maximum Gasteiger partial charge on any atom is 0.232 e. The van der Waals surface area contributed by atoms with E-state index in [1.165, 1.54) is 16.3 Å². The number of hydrogen-bond donors (Lipinski definition) is 1. The van der Waals surface area contributed by atoms with Crippen LogP contribution in [0.25, 0.3) is 0 Å². The summed E-state index contributed by atoms with van der Waals surface area (Å²) in [7, 11) is 0. The lowest BCUT2D eigenvalue weighted by Crippen LogP contribution is -2.47. The van der Waals surface area contributed by atoms with Crippen LogP contribution < -0.4 is 5.73 Å². The molecule has 0 radical (unpaired) electrons. The van der Waals surface area contributed by atoms with Crippen molar-refractivity contribution in [1.29, 1.82) is 0 Å². The molecule has 0 saturated carbocycles. The lowest BCUT2D eigenvalue weighted by molar-refractivity contribution is -0.122. The summed E-state index contributed by atoms with van der Waals surface area (Å²) in [5.74, 6) is 0.540. The second kappa shape index (κ2) is 11.7. The molecular formula is C20H32NO4PS2. The number of carbonyl (C=O) groups is 1. The van der Waals surface area contributed by atoms with Crippen LogP contribution in [0.1, 0.15) is 39.0 Å². The van der Waals surface area contributed by atoms with E-state index in [4.69, 9.17) is 15.2 Å². The van der Waals surface area contributed by atoms with Crippen molar-refractivity contribution in [2.24, 2.45) is 5.73 Å². The molecule has 1 aliphatic rings. The predicted octanol–water partition coefficient (Wildman–Crippen LogP) is 5.02. The van der Waals surface area contributed by atoms with Gasteiger partial charge in [0.05, 0.1) is 0 Å². The highest BCUT2D eigenvalue weighted by Gasteiger charge is 2.51. The van der Waals surface area contributed by atoms with E-state index in [2.05, 4.69) is 6.92 Å². The molecule has 1 aromatic carbocycles. The number of nitrogens with two attached hydrogens (primary N) is 1. The molecule has 5 nitrogen and oxygen atoms in total. The maximum atomic E-state index is 13.5. The van der Waals surface area contributed by atoms with Gasteiger partial charge in [0.15, 0.2) is 6.34 Å². The summed E-state index contributed by atoms with van der Waals surface area (Å²) in [4.78, 5) is 14.3. The van der Waals surface area contributed by atoms with Gasteiger partial charge < -0.3 is 19.8 Å². The highest BCUT2D eigenvalue weighted by Crippen LogP contribution is 2.70. The Balaban J connectivity index is 1.87. The molecule has 0 aliphatic carbocycles. The number of benzene rings is 1. The van der Waals surface area contributed by atoms with Gasteiger partial charge in [-0.2, -0.15) is 0 Å². The van der Waals surface area contributed by atoms with Gasteiger partial charge in [-0.05, 0) is 56.6 Å². The second-order valence-electron chi connectivity index (χ2n) is 7.08. The number of ether oxygens (including phenoxy) is 2. The lowest BCUT2D eigenvalue weighted by atomic mass is 9.98. The average Bonchev–Trinajstić information content (AvgIpc) is 2.68. The third-order valence-electron chi connectivity index (χ3n) is 5.00. The summed E-state index contributed by atoms with van der Waals surface area (Å²) in [5, 5.41) is -0.971. The van der Waals surface area contributed by atoms with Gasteiger partial charge in [-0.1, -0.05) is 24.7 Å². The Bertz CT molecular complexity index is 663. The van der Waals surface area contributed by atoms with Gasteiger partial charge in [-0.15, -0.1) is 11.8 Å². The van der Waals surface area contributed by atoms with Crippen molar-refractivity contribution in [2.75, 3.05) is 38.8 Å². The number of primary amides is 1. The molecule has 1 fully saturated rings. The normalized spacial score (nSPS) is 18.5. The summed E-state index contributed by atoms with van der Waals surface area (Å²) in [5.41, 5.74) is 5.68. The minimum atomic E-state index is -2.89. The molecule has 28 heavy (non-hydrogen) atoms. The molecule has 2 N–H and O–H groups in total. The molecule has 1 amide bonds. The molecule has 1 aromatic rings. The van der Waals surface area contributed by atoms with E-state index in [0.717, 1.165) is 43.1 Å². The molecule has 1 unspecified atom stereocenters. The van der Waals surface area contributed by atoms with Crippen LogP contribution in [0.15, 0.2) is 34.1 Å². The molecule has 158 valence electrons. The first-order chi connectivity index (χ1) is 13.4. The van der Waals surface area contributed by atoms with Crippen LogP contribution in [0.4, 0.5) is 0 Å². The van der Waals surface area contributed by atoms with Crippen molar-refractivity contribution in [3.63, 3.8) is 0 Å². The summed E-state index contributed by atoms with van der Waals surface area (Å²) < 4.78 is 24.4. The molecule has 0 bridgehead atoms. The molecule has 2 rings (SSSR count). The van der Waals surface area contributed by atoms with Gasteiger partial charge >= 0.3 is 0 Å². The maximum absolute atomic E-state index is 13.5. The highest BCUT2D eigenvalue weighted by atomic mass is 32.7. The van der Waals surface area contributed by atoms with Crippen LogP contribution in [0.2, 0.25) is 0 Å². The Morgan fingerprint density at radius 1 is 1.18 bits per heavy atom. The van der Waals surface area contributed by atoms with Crippen molar-refractivity contribution < 1.29 is 18.8 Å². The minimum absolute atomic E-state index is 0.428. The fraction of sp³-hybridized carbons (Fsp3) is 0.650. The van der Waals surface area contributed by atoms with Gasteiger partial charge in [-0.25, -0.2) is 0 Å². The van der Waals surface area contributed by atoms with E-state index in [0.29, 0.717) is 26.1 Å². The Hall–Kier alpha value is -0.460. The predicted molar refractivity (Wildman–Crippen MR) is 119 cm³/mol. The first kappa shape index (κ1) is 23.8. The fourth-order valence-corrected chi connectivity index (χ4v) is 9.12. The van der Waals surface area contributed by atoms with E-state index in [1.54, 1.807) is 18.4 Å². The van der Waals surface area contributed by atoms with Crippen molar-refractivity contribution in [2.45, 2.75) is 54.0 Å². The van der Waals surface area contributed by atoms with E-state index >= 15 is 0 Å². The average molecular weight is 446 g/mol. The quantitative estimate of drug-likeness (QED) is 0.276. The molecule has 1 atom stereocenters. The van der Waals surface area contributed by atoms with Gasteiger partial charge in [0.1, 0.15) is 5.16 Å². The van der Waals surface area contributed by atoms with Crippen LogP contribution in [-0.2, 0) is 18.8 Å². The summed E-state index contributed by atoms with van der Waals surface area (Å²) >= 11 is 3.09. The monoisotopic (exact) mass is 445 g/mol. The van der Waals surface area contributed by atoms with Gasteiger partial charge in [0.2, 0.25) is 5.91 Å². The number of hydrogen-bond acceptors (Lipinski definition) is 6. The fourth-order valence-electron chi connectivity index (χ4n) is 3.15. The standard InChI is InChI=1S/C20H32NO4PS2/c1-3-4-12-24-13-5-16-27-17-6-8-18(9-7-17)28-26(2,23)20(19(21)22)10-14-25-15-11-20/h6-9H,3-5,10-16H2,1-2H3,(H2,21,22). The lowest BCUT2D eigenvalue weighted by Gasteiger charge is -2.38. The van der Waals surface area contributed by atoms with Crippen LogP contribution in [0.5, 0.6) is 0 Å². The summed E-state index contributed by atoms with van der Waals surface area (Å²) in [6.07, 6.45) is 1.28. The SMILES string of the molecule is CCCCOCCCSc1ccc(SP(C)(=O)C2(C(N)=O)CCOCC2)cc1. The largest absolute Gasteiger partial charge is 0.381 e. The van der Waals surface area contributed by atoms with Crippen LogP contribution in [0, 0.1) is 0 Å². The zero-order chi connectivity index (χ0) is 20.5. The smallest absolute Gasteiger partial charge is 0.232 e. The molecular weight excluding hydrogens is 413 g/mol. The molecule has 1 heterocycles. The van der Waals surface area contributed by atoms with Gasteiger partial charge in [-0.3, -0.25) is 4.79 Å². The molecule has 8 heteroatoms. The van der Waals surface area contributed by atoms with Crippen molar-refractivity contribution in [1.82, 2.24) is 0 Å². The van der Waals surface area contributed by atoms with Gasteiger partial charge in [0, 0.05) is 42.0 Å². The zero-order valence-electron chi connectivity index (χ0n) is 16.9. The number of thioether (sulfide) groups is 1. The zero-order valence-corrected chi connectivity index (χ0v) is 19.4. The summed E-state index contributed by atoms with van der Waals surface area (Å²) in [6, 6.07) is 8.06. The van der Waals surface area contributed by atoms with E-state index in [9.17, 15) is 9.36 Å². The highest BCUT2D eigenvalue weighted by molar-refractivity contribution is 8.58. The number of amides is 1. The van der Waals surface area contributed by atoms with Crippen molar-refractivity contribution >= 4 is 35.4 Å². The van der Waals surface area contributed by atoms with Crippen molar-refractivity contribution in [3.8, 4) is 0 Å². The third kappa shape index (κ3) is 6.53. The van der Waals surface area contributed by atoms with E-state index in [-0.39, 0.29) is 0 Å². The first-order valence-electron chi connectivity index (χ1n) is 9.87. The molecule has 1 saturated heterocycles. The molecule has 0 aromatic heterocycles. The van der Waals surface area contributed by atoms with Gasteiger partial charge in [0.25, 0.3) is 0 Å². The Morgan fingerprint density at radius 3 is 2.39 bits per heavy atom. The van der Waals surface area contributed by atoms with Crippen LogP contribution in [-0.4, -0.2) is 49.9 Å². The Labute approximate surface area is 177 Å².